The summed E-state index contributed by atoms with van der Waals surface area (Å²) in [5.41, 5.74) is 1.04. The third-order valence-corrected chi connectivity index (χ3v) is 7.75. The maximum Gasteiger partial charge on any atom is 0.243 e. The molecule has 144 valence electrons. The average molecular weight is 413 g/mol. The molecule has 1 saturated heterocycles. The molecule has 0 aliphatic carbocycles. The minimum absolute atomic E-state index is 0.101. The van der Waals surface area contributed by atoms with Gasteiger partial charge in [0.25, 0.3) is 0 Å². The van der Waals surface area contributed by atoms with Crippen molar-refractivity contribution < 1.29 is 26.7 Å². The van der Waals surface area contributed by atoms with Crippen molar-refractivity contribution in [2.24, 2.45) is 0 Å². The second kappa shape index (κ2) is 7.29. The van der Waals surface area contributed by atoms with Crippen LogP contribution in [0.1, 0.15) is 17.2 Å². The Balaban J connectivity index is 1.53. The maximum atomic E-state index is 13.4. The van der Waals surface area contributed by atoms with Crippen LogP contribution in [0.2, 0.25) is 0 Å². The number of hydrogen-bond donors (Lipinski definition) is 0. The molecule has 0 radical (unpaired) electrons. The Labute approximate surface area is 160 Å². The standard InChI is InChI=1S/C18H17F2NO4S2/c19-13-8-14(20)10-15(9-13)27(22,23)21-4-3-18(26-6-5-21)12-1-2-16-17(7-12)25-11-24-16/h1-2,7-10,18H,3-6,11H2. The molecular formula is C18H17F2NO4S2. The van der Waals surface area contributed by atoms with E-state index in [-0.39, 0.29) is 30.0 Å². The first kappa shape index (κ1) is 18.5. The Morgan fingerprint density at radius 2 is 1.74 bits per heavy atom. The number of rotatable bonds is 3. The molecule has 2 aromatic carbocycles. The summed E-state index contributed by atoms with van der Waals surface area (Å²) in [4.78, 5) is -0.355. The Kier molecular flexibility index (Phi) is 5.00. The van der Waals surface area contributed by atoms with E-state index in [2.05, 4.69) is 0 Å². The molecule has 1 atom stereocenters. The van der Waals surface area contributed by atoms with E-state index in [1.165, 1.54) is 4.31 Å². The summed E-state index contributed by atoms with van der Waals surface area (Å²) < 4.78 is 64.5. The molecular weight excluding hydrogens is 396 g/mol. The fourth-order valence-electron chi connectivity index (χ4n) is 3.20. The second-order valence-corrected chi connectivity index (χ2v) is 9.52. The van der Waals surface area contributed by atoms with Crippen LogP contribution in [0.15, 0.2) is 41.3 Å². The number of halogens is 2. The molecule has 0 amide bonds. The summed E-state index contributed by atoms with van der Waals surface area (Å²) in [5, 5.41) is 0.101. The number of thioether (sulfide) groups is 1. The average Bonchev–Trinajstić information content (AvgIpc) is 2.94. The van der Waals surface area contributed by atoms with Crippen LogP contribution in [-0.2, 0) is 10.0 Å². The number of fused-ring (bicyclic) bond motifs is 1. The summed E-state index contributed by atoms with van der Waals surface area (Å²) in [5.74, 6) is 0.162. The molecule has 0 spiro atoms. The molecule has 1 fully saturated rings. The number of nitrogens with zero attached hydrogens (tertiary/aromatic N) is 1. The van der Waals surface area contributed by atoms with E-state index in [1.807, 2.05) is 18.2 Å². The van der Waals surface area contributed by atoms with Crippen molar-refractivity contribution in [1.29, 1.82) is 0 Å². The molecule has 1 unspecified atom stereocenters. The minimum atomic E-state index is -3.95. The Bertz CT molecular complexity index is 948. The highest BCUT2D eigenvalue weighted by atomic mass is 32.2. The number of sulfonamides is 1. The molecule has 5 nitrogen and oxygen atoms in total. The Hall–Kier alpha value is -1.84. The van der Waals surface area contributed by atoms with Gasteiger partial charge < -0.3 is 9.47 Å². The van der Waals surface area contributed by atoms with Gasteiger partial charge in [0.1, 0.15) is 11.6 Å². The van der Waals surface area contributed by atoms with Crippen LogP contribution in [0.3, 0.4) is 0 Å². The highest BCUT2D eigenvalue weighted by Crippen LogP contribution is 2.40. The molecule has 0 saturated carbocycles. The summed E-state index contributed by atoms with van der Waals surface area (Å²) >= 11 is 1.65. The molecule has 0 N–H and O–H groups in total. The largest absolute Gasteiger partial charge is 0.454 e. The first-order valence-corrected chi connectivity index (χ1v) is 10.9. The second-order valence-electron chi connectivity index (χ2n) is 6.27. The first-order valence-electron chi connectivity index (χ1n) is 8.41. The van der Waals surface area contributed by atoms with E-state index >= 15 is 0 Å². The molecule has 4 rings (SSSR count). The van der Waals surface area contributed by atoms with Crippen molar-refractivity contribution in [3.63, 3.8) is 0 Å². The van der Waals surface area contributed by atoms with Gasteiger partial charge >= 0.3 is 0 Å². The van der Waals surface area contributed by atoms with E-state index in [0.29, 0.717) is 29.7 Å². The van der Waals surface area contributed by atoms with Crippen molar-refractivity contribution in [2.45, 2.75) is 16.6 Å². The quantitative estimate of drug-likeness (QED) is 0.770. The Morgan fingerprint density at radius 1 is 1.00 bits per heavy atom. The number of ether oxygens (including phenoxy) is 2. The molecule has 9 heteroatoms. The molecule has 2 aliphatic rings. The van der Waals surface area contributed by atoms with Crippen LogP contribution in [0.4, 0.5) is 8.78 Å². The summed E-state index contributed by atoms with van der Waals surface area (Å²) in [6.07, 6.45) is 0.585. The van der Waals surface area contributed by atoms with E-state index in [1.54, 1.807) is 11.8 Å². The van der Waals surface area contributed by atoms with Gasteiger partial charge in [-0.1, -0.05) is 6.07 Å². The lowest BCUT2D eigenvalue weighted by atomic mass is 10.1. The fraction of sp³-hybridized carbons (Fsp3) is 0.333. The molecule has 2 aliphatic heterocycles. The number of hydrogen-bond acceptors (Lipinski definition) is 5. The fourth-order valence-corrected chi connectivity index (χ4v) is 6.03. The lowest BCUT2D eigenvalue weighted by Gasteiger charge is -2.20. The van der Waals surface area contributed by atoms with Crippen molar-refractivity contribution >= 4 is 21.8 Å². The van der Waals surface area contributed by atoms with Crippen molar-refractivity contribution in [1.82, 2.24) is 4.31 Å². The monoisotopic (exact) mass is 413 g/mol. The van der Waals surface area contributed by atoms with Crippen LogP contribution >= 0.6 is 11.8 Å². The highest BCUT2D eigenvalue weighted by Gasteiger charge is 2.29. The van der Waals surface area contributed by atoms with Gasteiger partial charge in [0.05, 0.1) is 4.90 Å². The summed E-state index contributed by atoms with van der Waals surface area (Å²) in [7, 11) is -3.95. The van der Waals surface area contributed by atoms with E-state index < -0.39 is 21.7 Å². The third kappa shape index (κ3) is 3.76. The number of benzene rings is 2. The predicted octanol–water partition coefficient (Wildman–Crippen LogP) is 3.56. The SMILES string of the molecule is O=S(=O)(c1cc(F)cc(F)c1)N1CCSC(c2ccc3c(c2)OCO3)CC1. The van der Waals surface area contributed by atoms with Crippen molar-refractivity contribution in [2.75, 3.05) is 25.6 Å². The van der Waals surface area contributed by atoms with Crippen LogP contribution in [0, 0.1) is 11.6 Å². The van der Waals surface area contributed by atoms with E-state index in [0.717, 1.165) is 17.7 Å². The van der Waals surface area contributed by atoms with Crippen molar-refractivity contribution in [3.8, 4) is 11.5 Å². The molecule has 2 aromatic rings. The lowest BCUT2D eigenvalue weighted by molar-refractivity contribution is 0.174. The van der Waals surface area contributed by atoms with E-state index in [9.17, 15) is 17.2 Å². The van der Waals surface area contributed by atoms with Gasteiger partial charge in [-0.25, -0.2) is 17.2 Å². The topological polar surface area (TPSA) is 55.8 Å². The zero-order chi connectivity index (χ0) is 19.0. The first-order chi connectivity index (χ1) is 12.9. The summed E-state index contributed by atoms with van der Waals surface area (Å²) in [6, 6.07) is 8.10. The van der Waals surface area contributed by atoms with Crippen LogP contribution in [0.5, 0.6) is 11.5 Å². The van der Waals surface area contributed by atoms with Crippen LogP contribution in [0.25, 0.3) is 0 Å². The van der Waals surface area contributed by atoms with Gasteiger partial charge in [-0.3, -0.25) is 0 Å². The van der Waals surface area contributed by atoms with Crippen molar-refractivity contribution in [3.05, 3.63) is 53.6 Å². The summed E-state index contributed by atoms with van der Waals surface area (Å²) in [6.45, 7) is 0.756. The molecule has 0 aromatic heterocycles. The lowest BCUT2D eigenvalue weighted by Crippen LogP contribution is -2.33. The zero-order valence-corrected chi connectivity index (χ0v) is 15.9. The minimum Gasteiger partial charge on any atom is -0.454 e. The van der Waals surface area contributed by atoms with Crippen LogP contribution < -0.4 is 9.47 Å². The smallest absolute Gasteiger partial charge is 0.243 e. The third-order valence-electron chi connectivity index (χ3n) is 4.54. The van der Waals surface area contributed by atoms with Gasteiger partial charge in [-0.05, 0) is 36.2 Å². The van der Waals surface area contributed by atoms with Gasteiger partial charge in [-0.15, -0.1) is 0 Å². The highest BCUT2D eigenvalue weighted by molar-refractivity contribution is 7.99. The van der Waals surface area contributed by atoms with Gasteiger partial charge in [-0.2, -0.15) is 16.1 Å². The van der Waals surface area contributed by atoms with Gasteiger partial charge in [0.15, 0.2) is 11.5 Å². The zero-order valence-electron chi connectivity index (χ0n) is 14.2. The normalized spacial score (nSPS) is 20.4. The maximum absolute atomic E-state index is 13.4. The van der Waals surface area contributed by atoms with E-state index in [4.69, 9.17) is 9.47 Å². The molecule has 2 heterocycles. The molecule has 27 heavy (non-hydrogen) atoms. The van der Waals surface area contributed by atoms with Gasteiger partial charge in [0, 0.05) is 30.2 Å². The predicted molar refractivity (Wildman–Crippen MR) is 97.5 cm³/mol. The van der Waals surface area contributed by atoms with Crippen LogP contribution in [-0.4, -0.2) is 38.4 Å². The Morgan fingerprint density at radius 3 is 2.52 bits per heavy atom. The molecule has 0 bridgehead atoms. The van der Waals surface area contributed by atoms with Gasteiger partial charge in [0.2, 0.25) is 16.8 Å².